The van der Waals surface area contributed by atoms with Crippen LogP contribution >= 0.6 is 11.6 Å². The monoisotopic (exact) mass is 273 g/mol. The molecule has 1 aromatic rings. The third-order valence-electron chi connectivity index (χ3n) is 3.10. The zero-order valence-corrected chi connectivity index (χ0v) is 11.3. The SMILES string of the molecule is CC1CCc2ccccc2N1S(=O)(=O)CCCl. The van der Waals surface area contributed by atoms with E-state index in [0.717, 1.165) is 24.1 Å². The summed E-state index contributed by atoms with van der Waals surface area (Å²) in [6.07, 6.45) is 1.79. The second-order valence-corrected chi connectivity index (χ2v) is 6.66. The minimum Gasteiger partial charge on any atom is -0.267 e. The highest BCUT2D eigenvalue weighted by atomic mass is 35.5. The van der Waals surface area contributed by atoms with Crippen LogP contribution in [0.3, 0.4) is 0 Å². The van der Waals surface area contributed by atoms with Crippen LogP contribution in [0.5, 0.6) is 0 Å². The maximum Gasteiger partial charge on any atom is 0.236 e. The van der Waals surface area contributed by atoms with Gasteiger partial charge in [0.15, 0.2) is 0 Å². The maximum atomic E-state index is 12.2. The fraction of sp³-hybridized carbons (Fsp3) is 0.500. The van der Waals surface area contributed by atoms with E-state index in [1.165, 1.54) is 4.31 Å². The Hall–Kier alpha value is -0.740. The lowest BCUT2D eigenvalue weighted by molar-refractivity contribution is 0.564. The minimum atomic E-state index is -3.29. The van der Waals surface area contributed by atoms with Gasteiger partial charge in [0, 0.05) is 11.9 Å². The molecule has 0 amide bonds. The first kappa shape index (κ1) is 12.7. The Kier molecular flexibility index (Phi) is 3.64. The Labute approximate surface area is 107 Å². The lowest BCUT2D eigenvalue weighted by atomic mass is 9.99. The summed E-state index contributed by atoms with van der Waals surface area (Å²) in [7, 11) is -3.29. The van der Waals surface area contributed by atoms with Crippen LogP contribution in [-0.2, 0) is 16.4 Å². The number of sulfonamides is 1. The molecule has 1 aromatic carbocycles. The van der Waals surface area contributed by atoms with E-state index < -0.39 is 10.0 Å². The van der Waals surface area contributed by atoms with Gasteiger partial charge >= 0.3 is 0 Å². The second kappa shape index (κ2) is 4.86. The summed E-state index contributed by atoms with van der Waals surface area (Å²) in [5.41, 5.74) is 1.92. The largest absolute Gasteiger partial charge is 0.267 e. The molecule has 0 fully saturated rings. The Balaban J connectivity index is 2.46. The molecule has 3 nitrogen and oxygen atoms in total. The highest BCUT2D eigenvalue weighted by molar-refractivity contribution is 7.92. The van der Waals surface area contributed by atoms with Crippen LogP contribution < -0.4 is 4.31 Å². The molecular formula is C12H16ClNO2S. The van der Waals surface area contributed by atoms with Crippen molar-refractivity contribution in [2.24, 2.45) is 0 Å². The van der Waals surface area contributed by atoms with Crippen molar-refractivity contribution in [3.8, 4) is 0 Å². The number of benzene rings is 1. The van der Waals surface area contributed by atoms with Crippen LogP contribution in [0.25, 0.3) is 0 Å². The fourth-order valence-electron chi connectivity index (χ4n) is 2.28. The van der Waals surface area contributed by atoms with Gasteiger partial charge in [-0.3, -0.25) is 4.31 Å². The standard InChI is InChI=1S/C12H16ClNO2S/c1-10-6-7-11-4-2-3-5-12(11)14(10)17(15,16)9-8-13/h2-5,10H,6-9H2,1H3. The number of hydrogen-bond acceptors (Lipinski definition) is 2. The highest BCUT2D eigenvalue weighted by Gasteiger charge is 2.31. The van der Waals surface area contributed by atoms with E-state index in [1.54, 1.807) is 0 Å². The van der Waals surface area contributed by atoms with Crippen LogP contribution in [-0.4, -0.2) is 26.1 Å². The number of rotatable bonds is 3. The first-order valence-corrected chi connectivity index (χ1v) is 7.86. The predicted octanol–water partition coefficient (Wildman–Crippen LogP) is 2.40. The van der Waals surface area contributed by atoms with Crippen molar-refractivity contribution in [1.82, 2.24) is 0 Å². The van der Waals surface area contributed by atoms with Gasteiger partial charge < -0.3 is 0 Å². The first-order valence-electron chi connectivity index (χ1n) is 5.72. The molecule has 0 bridgehead atoms. The molecule has 1 heterocycles. The lowest BCUT2D eigenvalue weighted by Gasteiger charge is -2.35. The average Bonchev–Trinajstić information content (AvgIpc) is 2.28. The molecule has 17 heavy (non-hydrogen) atoms. The van der Waals surface area contributed by atoms with Crippen molar-refractivity contribution in [3.05, 3.63) is 29.8 Å². The average molecular weight is 274 g/mol. The number of para-hydroxylation sites is 1. The van der Waals surface area contributed by atoms with Gasteiger partial charge in [-0.15, -0.1) is 11.6 Å². The number of fused-ring (bicyclic) bond motifs is 1. The summed E-state index contributed by atoms with van der Waals surface area (Å²) in [6.45, 7) is 1.95. The lowest BCUT2D eigenvalue weighted by Crippen LogP contribution is -2.43. The Morgan fingerprint density at radius 2 is 2.12 bits per heavy atom. The number of alkyl halides is 1. The van der Waals surface area contributed by atoms with Gasteiger partial charge in [-0.25, -0.2) is 8.42 Å². The summed E-state index contributed by atoms with van der Waals surface area (Å²) < 4.78 is 25.9. The van der Waals surface area contributed by atoms with E-state index >= 15 is 0 Å². The minimum absolute atomic E-state index is 0.00672. The number of hydrogen-bond donors (Lipinski definition) is 0. The Morgan fingerprint density at radius 3 is 2.82 bits per heavy atom. The molecule has 0 spiro atoms. The van der Waals surface area contributed by atoms with E-state index in [-0.39, 0.29) is 17.7 Å². The molecule has 1 aliphatic rings. The van der Waals surface area contributed by atoms with Crippen molar-refractivity contribution in [2.45, 2.75) is 25.8 Å². The Bertz CT molecular complexity index is 501. The van der Waals surface area contributed by atoms with E-state index in [9.17, 15) is 8.42 Å². The van der Waals surface area contributed by atoms with Crippen LogP contribution in [0.1, 0.15) is 18.9 Å². The van der Waals surface area contributed by atoms with E-state index in [2.05, 4.69) is 0 Å². The van der Waals surface area contributed by atoms with Gasteiger partial charge in [-0.2, -0.15) is 0 Å². The summed E-state index contributed by atoms with van der Waals surface area (Å²) in [5, 5.41) is 0. The van der Waals surface area contributed by atoms with Gasteiger partial charge in [-0.1, -0.05) is 18.2 Å². The molecule has 94 valence electrons. The predicted molar refractivity (Wildman–Crippen MR) is 71.2 cm³/mol. The number of anilines is 1. The molecule has 1 aliphatic heterocycles. The molecule has 1 atom stereocenters. The van der Waals surface area contributed by atoms with Gasteiger partial charge in [0.05, 0.1) is 11.4 Å². The number of aryl methyl sites for hydroxylation is 1. The molecule has 5 heteroatoms. The highest BCUT2D eigenvalue weighted by Crippen LogP contribution is 2.32. The van der Waals surface area contributed by atoms with Crippen molar-refractivity contribution < 1.29 is 8.42 Å². The van der Waals surface area contributed by atoms with Crippen molar-refractivity contribution in [2.75, 3.05) is 15.9 Å². The summed E-state index contributed by atoms with van der Waals surface area (Å²) >= 11 is 5.57. The van der Waals surface area contributed by atoms with Crippen molar-refractivity contribution >= 4 is 27.3 Å². The normalized spacial score (nSPS) is 20.1. The quantitative estimate of drug-likeness (QED) is 0.793. The maximum absolute atomic E-state index is 12.2. The van der Waals surface area contributed by atoms with Gasteiger partial charge in [-0.05, 0) is 31.4 Å². The smallest absolute Gasteiger partial charge is 0.236 e. The van der Waals surface area contributed by atoms with E-state index in [4.69, 9.17) is 11.6 Å². The third kappa shape index (κ3) is 2.43. The molecule has 0 saturated carbocycles. The summed E-state index contributed by atoms with van der Waals surface area (Å²) in [5.74, 6) is 0.126. The van der Waals surface area contributed by atoms with Crippen LogP contribution in [0.2, 0.25) is 0 Å². The molecule has 0 saturated heterocycles. The molecule has 0 N–H and O–H groups in total. The molecule has 2 rings (SSSR count). The topological polar surface area (TPSA) is 37.4 Å². The zero-order chi connectivity index (χ0) is 12.5. The zero-order valence-electron chi connectivity index (χ0n) is 9.77. The van der Waals surface area contributed by atoms with E-state index in [0.29, 0.717) is 0 Å². The molecule has 0 radical (unpaired) electrons. The Morgan fingerprint density at radius 1 is 1.41 bits per heavy atom. The third-order valence-corrected chi connectivity index (χ3v) is 5.38. The van der Waals surface area contributed by atoms with Gasteiger partial charge in [0.25, 0.3) is 0 Å². The second-order valence-electron chi connectivity index (χ2n) is 4.32. The number of halogens is 1. The molecular weight excluding hydrogens is 258 g/mol. The van der Waals surface area contributed by atoms with Crippen molar-refractivity contribution in [3.63, 3.8) is 0 Å². The number of nitrogens with zero attached hydrogens (tertiary/aromatic N) is 1. The van der Waals surface area contributed by atoms with Gasteiger partial charge in [0.2, 0.25) is 10.0 Å². The van der Waals surface area contributed by atoms with Crippen LogP contribution in [0.4, 0.5) is 5.69 Å². The molecule has 1 unspecified atom stereocenters. The molecule has 0 aromatic heterocycles. The van der Waals surface area contributed by atoms with E-state index in [1.807, 2.05) is 31.2 Å². The van der Waals surface area contributed by atoms with Crippen LogP contribution in [0, 0.1) is 0 Å². The van der Waals surface area contributed by atoms with Crippen molar-refractivity contribution in [1.29, 1.82) is 0 Å². The molecule has 0 aliphatic carbocycles. The summed E-state index contributed by atoms with van der Waals surface area (Å²) in [4.78, 5) is 0. The van der Waals surface area contributed by atoms with Gasteiger partial charge in [0.1, 0.15) is 0 Å². The first-order chi connectivity index (χ1) is 8.06. The van der Waals surface area contributed by atoms with Crippen LogP contribution in [0.15, 0.2) is 24.3 Å². The fourth-order valence-corrected chi connectivity index (χ4v) is 4.38. The summed E-state index contributed by atoms with van der Waals surface area (Å²) in [6, 6.07) is 7.70.